The molecule has 0 aliphatic carbocycles. The van der Waals surface area contributed by atoms with Gasteiger partial charge in [0.25, 0.3) is 0 Å². The maximum absolute atomic E-state index is 12.1. The van der Waals surface area contributed by atoms with Crippen molar-refractivity contribution < 1.29 is 27.9 Å². The molecule has 1 aliphatic rings. The zero-order valence-electron chi connectivity index (χ0n) is 11.1. The number of carbonyl (C=O) groups excluding carboxylic acids is 1. The molecule has 1 rings (SSSR count). The van der Waals surface area contributed by atoms with Crippen LogP contribution in [0.4, 0.5) is 4.79 Å². The third kappa shape index (κ3) is 4.06. The van der Waals surface area contributed by atoms with Crippen molar-refractivity contribution >= 4 is 22.3 Å². The maximum Gasteiger partial charge on any atom is 0.425 e. The molecule has 0 unspecified atom stereocenters. The first-order valence-electron chi connectivity index (χ1n) is 5.76. The molecule has 0 spiro atoms. The maximum atomic E-state index is 12.1. The van der Waals surface area contributed by atoms with Gasteiger partial charge in [-0.15, -0.1) is 0 Å². The first-order valence-corrected chi connectivity index (χ1v) is 7.16. The fourth-order valence-electron chi connectivity index (χ4n) is 1.57. The third-order valence-electron chi connectivity index (χ3n) is 2.28. The summed E-state index contributed by atoms with van der Waals surface area (Å²) in [5, 5.41) is 8.67. The lowest BCUT2D eigenvalue weighted by atomic mass is 10.2. The molecule has 1 fully saturated rings. The first kappa shape index (κ1) is 15.7. The van der Waals surface area contributed by atoms with E-state index in [-0.39, 0.29) is 13.1 Å². The number of ether oxygens (including phenoxy) is 1. The number of hydrogen-bond acceptors (Lipinski definition) is 5. The van der Waals surface area contributed by atoms with E-state index in [1.165, 1.54) is 0 Å². The highest BCUT2D eigenvalue weighted by atomic mass is 32.2. The van der Waals surface area contributed by atoms with Crippen LogP contribution in [0.1, 0.15) is 27.2 Å². The van der Waals surface area contributed by atoms with E-state index in [0.29, 0.717) is 10.7 Å². The summed E-state index contributed by atoms with van der Waals surface area (Å²) in [6, 6.07) is 0. The number of carboxylic acid groups (broad SMARTS) is 1. The highest BCUT2D eigenvalue weighted by Gasteiger charge is 2.39. The van der Waals surface area contributed by atoms with Gasteiger partial charge in [0.2, 0.25) is 0 Å². The Morgan fingerprint density at radius 3 is 2.32 bits per heavy atom. The normalized spacial score (nSPS) is 20.1. The average molecular weight is 294 g/mol. The second-order valence-corrected chi connectivity index (χ2v) is 6.99. The first-order chi connectivity index (χ1) is 8.54. The van der Waals surface area contributed by atoms with Crippen LogP contribution in [-0.4, -0.2) is 59.4 Å². The minimum Gasteiger partial charge on any atom is -0.480 e. The minimum absolute atomic E-state index is 0.00658. The number of amides is 1. The van der Waals surface area contributed by atoms with Crippen LogP contribution in [0.25, 0.3) is 0 Å². The van der Waals surface area contributed by atoms with E-state index < -0.39 is 34.4 Å². The van der Waals surface area contributed by atoms with Crippen molar-refractivity contribution in [2.45, 2.75) is 32.8 Å². The highest BCUT2D eigenvalue weighted by molar-refractivity contribution is 7.87. The van der Waals surface area contributed by atoms with Gasteiger partial charge >= 0.3 is 22.3 Å². The molecule has 110 valence electrons. The van der Waals surface area contributed by atoms with Crippen molar-refractivity contribution in [2.24, 2.45) is 0 Å². The van der Waals surface area contributed by atoms with Crippen molar-refractivity contribution in [1.82, 2.24) is 8.61 Å². The standard InChI is InChI=1S/C10H18N2O6S/c1-10(2,3)18-9(15)12-6-4-5-11(7-8(13)14)19(12,16)17/h4-7H2,1-3H3,(H,13,14). The molecule has 8 nitrogen and oxygen atoms in total. The zero-order valence-corrected chi connectivity index (χ0v) is 11.9. The second kappa shape index (κ2) is 5.33. The number of nitrogens with zero attached hydrogens (tertiary/aromatic N) is 2. The molecular formula is C10H18N2O6S. The van der Waals surface area contributed by atoms with Crippen molar-refractivity contribution in [2.75, 3.05) is 19.6 Å². The van der Waals surface area contributed by atoms with Gasteiger partial charge in [0.05, 0.1) is 0 Å². The SMILES string of the molecule is CC(C)(C)OC(=O)N1CCCN(CC(=O)O)S1(=O)=O. The minimum atomic E-state index is -4.12. The van der Waals surface area contributed by atoms with Gasteiger partial charge in [0, 0.05) is 13.1 Å². The van der Waals surface area contributed by atoms with E-state index in [1.807, 2.05) is 0 Å². The van der Waals surface area contributed by atoms with Crippen LogP contribution in [0.3, 0.4) is 0 Å². The van der Waals surface area contributed by atoms with E-state index in [9.17, 15) is 18.0 Å². The van der Waals surface area contributed by atoms with Crippen molar-refractivity contribution in [3.63, 3.8) is 0 Å². The van der Waals surface area contributed by atoms with Crippen LogP contribution < -0.4 is 0 Å². The average Bonchev–Trinajstić information content (AvgIpc) is 2.17. The van der Waals surface area contributed by atoms with E-state index in [2.05, 4.69) is 0 Å². The van der Waals surface area contributed by atoms with Crippen LogP contribution in [-0.2, 0) is 19.7 Å². The van der Waals surface area contributed by atoms with Gasteiger partial charge in [-0.2, -0.15) is 17.0 Å². The van der Waals surface area contributed by atoms with E-state index in [4.69, 9.17) is 9.84 Å². The molecule has 9 heteroatoms. The number of aliphatic carboxylic acids is 1. The van der Waals surface area contributed by atoms with Gasteiger partial charge in [-0.1, -0.05) is 0 Å². The van der Waals surface area contributed by atoms with Gasteiger partial charge in [-0.05, 0) is 27.2 Å². The third-order valence-corrected chi connectivity index (χ3v) is 4.14. The van der Waals surface area contributed by atoms with E-state index in [0.717, 1.165) is 4.31 Å². The van der Waals surface area contributed by atoms with E-state index >= 15 is 0 Å². The zero-order chi connectivity index (χ0) is 14.8. The number of hydrogen-bond donors (Lipinski definition) is 1. The quantitative estimate of drug-likeness (QED) is 0.783. The number of carboxylic acids is 1. The molecule has 0 radical (unpaired) electrons. The van der Waals surface area contributed by atoms with Crippen LogP contribution >= 0.6 is 0 Å². The van der Waals surface area contributed by atoms with Gasteiger partial charge < -0.3 is 9.84 Å². The van der Waals surface area contributed by atoms with Crippen LogP contribution in [0.15, 0.2) is 0 Å². The van der Waals surface area contributed by atoms with E-state index in [1.54, 1.807) is 20.8 Å². The molecule has 0 bridgehead atoms. The molecular weight excluding hydrogens is 276 g/mol. The fourth-order valence-corrected chi connectivity index (χ4v) is 3.07. The van der Waals surface area contributed by atoms with Gasteiger partial charge in [-0.3, -0.25) is 4.79 Å². The molecule has 0 aromatic heterocycles. The number of rotatable bonds is 2. The molecule has 1 amide bonds. The summed E-state index contributed by atoms with van der Waals surface area (Å²) in [7, 11) is -4.12. The monoisotopic (exact) mass is 294 g/mol. The predicted molar refractivity (Wildman–Crippen MR) is 65.7 cm³/mol. The lowest BCUT2D eigenvalue weighted by molar-refractivity contribution is -0.137. The molecule has 1 saturated heterocycles. The molecule has 1 N–H and O–H groups in total. The molecule has 0 aromatic rings. The summed E-state index contributed by atoms with van der Waals surface area (Å²) in [5.74, 6) is -1.27. The second-order valence-electron chi connectivity index (χ2n) is 5.14. The molecule has 0 saturated carbocycles. The summed E-state index contributed by atoms with van der Waals surface area (Å²) < 4.78 is 30.5. The fraction of sp³-hybridized carbons (Fsp3) is 0.800. The molecule has 0 atom stereocenters. The molecule has 1 aliphatic heterocycles. The largest absolute Gasteiger partial charge is 0.480 e. The molecule has 19 heavy (non-hydrogen) atoms. The van der Waals surface area contributed by atoms with Crippen molar-refractivity contribution in [3.8, 4) is 0 Å². The van der Waals surface area contributed by atoms with Crippen LogP contribution in [0.5, 0.6) is 0 Å². The smallest absolute Gasteiger partial charge is 0.425 e. The van der Waals surface area contributed by atoms with Gasteiger partial charge in [-0.25, -0.2) is 4.79 Å². The lowest BCUT2D eigenvalue weighted by Crippen LogP contribution is -2.54. The molecule has 0 aromatic carbocycles. The van der Waals surface area contributed by atoms with Crippen LogP contribution in [0, 0.1) is 0 Å². The van der Waals surface area contributed by atoms with Gasteiger partial charge in [0.1, 0.15) is 12.1 Å². The Morgan fingerprint density at radius 2 is 1.84 bits per heavy atom. The topological polar surface area (TPSA) is 104 Å². The molecule has 1 heterocycles. The van der Waals surface area contributed by atoms with Crippen molar-refractivity contribution in [1.29, 1.82) is 0 Å². The Morgan fingerprint density at radius 1 is 1.26 bits per heavy atom. The Hall–Kier alpha value is -1.35. The Bertz CT molecular complexity index is 467. The van der Waals surface area contributed by atoms with Crippen LogP contribution in [0.2, 0.25) is 0 Å². The highest BCUT2D eigenvalue weighted by Crippen LogP contribution is 2.19. The summed E-state index contributed by atoms with van der Waals surface area (Å²) in [6.45, 7) is 4.27. The van der Waals surface area contributed by atoms with Gasteiger partial charge in [0.15, 0.2) is 0 Å². The Labute approximate surface area is 112 Å². The summed E-state index contributed by atoms with van der Waals surface area (Å²) in [4.78, 5) is 22.4. The summed E-state index contributed by atoms with van der Waals surface area (Å²) in [6.07, 6.45) is -0.617. The van der Waals surface area contributed by atoms with Crippen molar-refractivity contribution in [3.05, 3.63) is 0 Å². The summed E-state index contributed by atoms with van der Waals surface area (Å²) >= 11 is 0. The predicted octanol–water partition coefficient (Wildman–Crippen LogP) is 0.259. The summed E-state index contributed by atoms with van der Waals surface area (Å²) in [5.41, 5.74) is -0.818. The Kier molecular flexibility index (Phi) is 4.41. The lowest BCUT2D eigenvalue weighted by Gasteiger charge is -2.34. The Balaban J connectivity index is 2.90. The number of carbonyl (C=O) groups is 2.